The number of hydrogen-bond acceptors (Lipinski definition) is 1. The van der Waals surface area contributed by atoms with Crippen LogP contribution in [0.25, 0.3) is 0 Å². The van der Waals surface area contributed by atoms with Gasteiger partial charge in [0.15, 0.2) is 5.78 Å². The van der Waals surface area contributed by atoms with Gasteiger partial charge in [-0.3, -0.25) is 4.79 Å². The molecule has 0 saturated carbocycles. The van der Waals surface area contributed by atoms with Crippen LogP contribution in [0.4, 0.5) is 17.6 Å². The molecule has 0 N–H and O–H groups in total. The first-order valence-corrected chi connectivity index (χ1v) is 6.44. The Balaban J connectivity index is 2.88. The fourth-order valence-electron chi connectivity index (χ4n) is 1.44. The quantitative estimate of drug-likeness (QED) is 0.334. The highest BCUT2D eigenvalue weighted by atomic mass is 79.9. The normalized spacial score (nSPS) is 11.6. The second kappa shape index (κ2) is 6.31. The Labute approximate surface area is 110 Å². The van der Waals surface area contributed by atoms with Gasteiger partial charge in [-0.05, 0) is 31.0 Å². The predicted octanol–water partition coefficient (Wildman–Crippen LogP) is 4.59. The van der Waals surface area contributed by atoms with E-state index in [2.05, 4.69) is 15.9 Å². The van der Waals surface area contributed by atoms with E-state index in [1.165, 1.54) is 0 Å². The lowest BCUT2D eigenvalue weighted by molar-refractivity contribution is -0.140. The van der Waals surface area contributed by atoms with E-state index in [1.54, 1.807) is 0 Å². The number of alkyl halides is 4. The first-order valence-electron chi connectivity index (χ1n) is 5.32. The number of benzene rings is 1. The molecule has 0 aliphatic carbocycles. The van der Waals surface area contributed by atoms with Crippen LogP contribution in [0.5, 0.6) is 0 Å². The van der Waals surface area contributed by atoms with Crippen LogP contribution in [0.2, 0.25) is 0 Å². The Morgan fingerprint density at radius 2 is 1.89 bits per heavy atom. The maximum atomic E-state index is 13.0. The highest BCUT2D eigenvalue weighted by molar-refractivity contribution is 9.09. The average molecular weight is 327 g/mol. The monoisotopic (exact) mass is 326 g/mol. The Morgan fingerprint density at radius 3 is 2.44 bits per heavy atom. The molecule has 1 aromatic carbocycles. The summed E-state index contributed by atoms with van der Waals surface area (Å²) in [5.41, 5.74) is -1.49. The standard InChI is InChI=1S/C12H11BrF4O/c13-6-2-1-3-11(18)8-4-5-10(14)9(7-8)12(15,16)17/h4-5,7H,1-3,6H2. The van der Waals surface area contributed by atoms with Crippen molar-refractivity contribution in [3.8, 4) is 0 Å². The number of unbranched alkanes of at least 4 members (excludes halogenated alkanes) is 1. The van der Waals surface area contributed by atoms with E-state index in [9.17, 15) is 22.4 Å². The van der Waals surface area contributed by atoms with Gasteiger partial charge < -0.3 is 0 Å². The molecule has 0 unspecified atom stereocenters. The summed E-state index contributed by atoms with van der Waals surface area (Å²) in [6, 6.07) is 2.34. The molecule has 0 radical (unpaired) electrons. The third kappa shape index (κ3) is 4.08. The van der Waals surface area contributed by atoms with Gasteiger partial charge in [-0.25, -0.2) is 4.39 Å². The summed E-state index contributed by atoms with van der Waals surface area (Å²) >= 11 is 3.19. The number of halogens is 5. The van der Waals surface area contributed by atoms with Crippen LogP contribution in [-0.4, -0.2) is 11.1 Å². The van der Waals surface area contributed by atoms with Crippen LogP contribution >= 0.6 is 15.9 Å². The Hall–Kier alpha value is -0.910. The van der Waals surface area contributed by atoms with E-state index >= 15 is 0 Å². The lowest BCUT2D eigenvalue weighted by atomic mass is 10.0. The third-order valence-corrected chi connectivity index (χ3v) is 2.94. The molecule has 0 aliphatic rings. The Kier molecular flexibility index (Phi) is 5.31. The minimum absolute atomic E-state index is 0.0988. The van der Waals surface area contributed by atoms with Crippen molar-refractivity contribution in [3.63, 3.8) is 0 Å². The molecule has 0 bridgehead atoms. The number of ketones is 1. The summed E-state index contributed by atoms with van der Waals surface area (Å²) in [4.78, 5) is 11.6. The number of carbonyl (C=O) groups excluding carboxylic acids is 1. The maximum absolute atomic E-state index is 13.0. The molecule has 0 atom stereocenters. The van der Waals surface area contributed by atoms with E-state index in [-0.39, 0.29) is 12.0 Å². The van der Waals surface area contributed by atoms with Crippen molar-refractivity contribution in [1.29, 1.82) is 0 Å². The average Bonchev–Trinajstić information content (AvgIpc) is 2.28. The van der Waals surface area contributed by atoms with Crippen LogP contribution in [0, 0.1) is 5.82 Å². The molecular formula is C12H11BrF4O. The van der Waals surface area contributed by atoms with Crippen LogP contribution in [0.15, 0.2) is 18.2 Å². The highest BCUT2D eigenvalue weighted by Gasteiger charge is 2.34. The molecule has 1 rings (SSSR count). The van der Waals surface area contributed by atoms with Gasteiger partial charge in [-0.2, -0.15) is 13.2 Å². The van der Waals surface area contributed by atoms with Gasteiger partial charge in [0, 0.05) is 17.3 Å². The second-order valence-electron chi connectivity index (χ2n) is 3.76. The highest BCUT2D eigenvalue weighted by Crippen LogP contribution is 2.32. The van der Waals surface area contributed by atoms with Crippen molar-refractivity contribution >= 4 is 21.7 Å². The van der Waals surface area contributed by atoms with E-state index in [0.29, 0.717) is 18.6 Å². The van der Waals surface area contributed by atoms with Crippen molar-refractivity contribution in [1.82, 2.24) is 0 Å². The molecule has 0 heterocycles. The summed E-state index contributed by atoms with van der Waals surface area (Å²) < 4.78 is 50.3. The van der Waals surface area contributed by atoms with E-state index in [0.717, 1.165) is 17.8 Å². The summed E-state index contributed by atoms with van der Waals surface area (Å²) in [6.07, 6.45) is -3.27. The largest absolute Gasteiger partial charge is 0.419 e. The first kappa shape index (κ1) is 15.1. The molecule has 0 aromatic heterocycles. The lowest BCUT2D eigenvalue weighted by Crippen LogP contribution is -2.10. The van der Waals surface area contributed by atoms with Crippen molar-refractivity contribution in [3.05, 3.63) is 35.1 Å². The van der Waals surface area contributed by atoms with Gasteiger partial charge in [0.1, 0.15) is 5.82 Å². The Bertz CT molecular complexity index is 429. The fourth-order valence-corrected chi connectivity index (χ4v) is 1.84. The molecule has 6 heteroatoms. The number of carbonyl (C=O) groups is 1. The molecular weight excluding hydrogens is 316 g/mol. The Morgan fingerprint density at radius 1 is 1.22 bits per heavy atom. The zero-order chi connectivity index (χ0) is 13.8. The van der Waals surface area contributed by atoms with E-state index in [4.69, 9.17) is 0 Å². The molecule has 1 nitrogen and oxygen atoms in total. The van der Waals surface area contributed by atoms with Crippen molar-refractivity contribution in [2.75, 3.05) is 5.33 Å². The topological polar surface area (TPSA) is 17.1 Å². The maximum Gasteiger partial charge on any atom is 0.419 e. The number of Topliss-reactive ketones (excluding diaryl/α,β-unsaturated/α-hetero) is 1. The van der Waals surface area contributed by atoms with Crippen LogP contribution in [0.3, 0.4) is 0 Å². The molecule has 18 heavy (non-hydrogen) atoms. The van der Waals surface area contributed by atoms with Gasteiger partial charge in [-0.1, -0.05) is 15.9 Å². The fraction of sp³-hybridized carbons (Fsp3) is 0.417. The van der Waals surface area contributed by atoms with E-state index < -0.39 is 23.3 Å². The molecule has 1 aromatic rings. The second-order valence-corrected chi connectivity index (χ2v) is 4.55. The molecule has 0 saturated heterocycles. The number of hydrogen-bond donors (Lipinski definition) is 0. The van der Waals surface area contributed by atoms with Crippen molar-refractivity contribution in [2.45, 2.75) is 25.4 Å². The zero-order valence-electron chi connectivity index (χ0n) is 9.36. The first-order chi connectivity index (χ1) is 8.36. The van der Waals surface area contributed by atoms with Gasteiger partial charge >= 0.3 is 6.18 Å². The molecule has 0 amide bonds. The smallest absolute Gasteiger partial charge is 0.294 e. The zero-order valence-corrected chi connectivity index (χ0v) is 10.9. The molecule has 0 spiro atoms. The van der Waals surface area contributed by atoms with Crippen molar-refractivity contribution in [2.24, 2.45) is 0 Å². The van der Waals surface area contributed by atoms with Gasteiger partial charge in [-0.15, -0.1) is 0 Å². The summed E-state index contributed by atoms with van der Waals surface area (Å²) in [5.74, 6) is -1.76. The minimum Gasteiger partial charge on any atom is -0.294 e. The summed E-state index contributed by atoms with van der Waals surface area (Å²) in [6.45, 7) is 0. The molecule has 0 aliphatic heterocycles. The van der Waals surface area contributed by atoms with Gasteiger partial charge in [0.05, 0.1) is 5.56 Å². The van der Waals surface area contributed by atoms with Crippen LogP contribution in [-0.2, 0) is 6.18 Å². The van der Waals surface area contributed by atoms with Crippen molar-refractivity contribution < 1.29 is 22.4 Å². The van der Waals surface area contributed by atoms with Crippen LogP contribution in [0.1, 0.15) is 35.2 Å². The molecule has 0 fully saturated rings. The lowest BCUT2D eigenvalue weighted by Gasteiger charge is -2.09. The predicted molar refractivity (Wildman–Crippen MR) is 63.4 cm³/mol. The van der Waals surface area contributed by atoms with Gasteiger partial charge in [0.2, 0.25) is 0 Å². The van der Waals surface area contributed by atoms with Gasteiger partial charge in [0.25, 0.3) is 0 Å². The number of rotatable bonds is 5. The van der Waals surface area contributed by atoms with E-state index in [1.807, 2.05) is 0 Å². The SMILES string of the molecule is O=C(CCCCBr)c1ccc(F)c(C(F)(F)F)c1. The summed E-state index contributed by atoms with van der Waals surface area (Å²) in [5, 5.41) is 0.734. The third-order valence-electron chi connectivity index (χ3n) is 2.38. The summed E-state index contributed by atoms with van der Waals surface area (Å²) in [7, 11) is 0. The molecule has 100 valence electrons. The van der Waals surface area contributed by atoms with Crippen LogP contribution < -0.4 is 0 Å². The minimum atomic E-state index is -4.78.